The van der Waals surface area contributed by atoms with E-state index in [4.69, 9.17) is 4.42 Å². The molecular weight excluding hydrogens is 182 g/mol. The molecule has 1 unspecified atom stereocenters. The maximum absolute atomic E-state index is 9.74. The van der Waals surface area contributed by atoms with Crippen molar-refractivity contribution >= 4 is 0 Å². The van der Waals surface area contributed by atoms with Crippen LogP contribution in [0.3, 0.4) is 0 Å². The summed E-state index contributed by atoms with van der Waals surface area (Å²) in [5.41, 5.74) is 1.52. The third kappa shape index (κ3) is 1.82. The van der Waals surface area contributed by atoms with Gasteiger partial charge in [0.15, 0.2) is 0 Å². The quantitative estimate of drug-likeness (QED) is 0.778. The van der Waals surface area contributed by atoms with Crippen molar-refractivity contribution in [1.29, 1.82) is 0 Å². The molecule has 0 bridgehead atoms. The zero-order valence-electron chi connectivity index (χ0n) is 7.79. The molecule has 0 amide bonds. The van der Waals surface area contributed by atoms with Crippen LogP contribution in [0.5, 0.6) is 0 Å². The topological polar surface area (TPSA) is 64.1 Å². The fraction of sp³-hybridized carbons (Fsp3) is 0.333. The number of rotatable bonds is 3. The Morgan fingerprint density at radius 1 is 1.64 bits per heavy atom. The lowest BCUT2D eigenvalue weighted by molar-refractivity contribution is 0.176. The Kier molecular flexibility index (Phi) is 2.32. The molecule has 14 heavy (non-hydrogen) atoms. The van der Waals surface area contributed by atoms with E-state index in [1.807, 2.05) is 0 Å². The molecule has 0 saturated heterocycles. The zero-order chi connectivity index (χ0) is 9.97. The van der Waals surface area contributed by atoms with Gasteiger partial charge in [0.1, 0.15) is 0 Å². The van der Waals surface area contributed by atoms with Crippen molar-refractivity contribution < 1.29 is 9.52 Å². The largest absolute Gasteiger partial charge is 0.472 e. The second-order valence-electron chi connectivity index (χ2n) is 3.16. The maximum atomic E-state index is 9.74. The summed E-state index contributed by atoms with van der Waals surface area (Å²) in [5.74, 6) is 0. The summed E-state index contributed by atoms with van der Waals surface area (Å²) in [6.45, 7) is 0. The Balaban J connectivity index is 2.05. The van der Waals surface area contributed by atoms with Crippen molar-refractivity contribution in [2.75, 3.05) is 0 Å². The number of hydrogen-bond donors (Lipinski definition) is 1. The van der Waals surface area contributed by atoms with Crippen LogP contribution in [0, 0.1) is 0 Å². The van der Waals surface area contributed by atoms with E-state index >= 15 is 0 Å². The van der Waals surface area contributed by atoms with Crippen molar-refractivity contribution in [1.82, 2.24) is 15.0 Å². The molecule has 1 N–H and O–H groups in total. The number of aryl methyl sites for hydroxylation is 1. The maximum Gasteiger partial charge on any atom is 0.0960 e. The lowest BCUT2D eigenvalue weighted by atomic mass is 10.1. The first-order chi connectivity index (χ1) is 6.75. The van der Waals surface area contributed by atoms with Crippen LogP contribution in [-0.4, -0.2) is 20.1 Å². The third-order valence-corrected chi connectivity index (χ3v) is 1.98. The Morgan fingerprint density at radius 3 is 3.07 bits per heavy atom. The van der Waals surface area contributed by atoms with Gasteiger partial charge < -0.3 is 9.52 Å². The number of aliphatic hydroxyl groups is 1. The molecular formula is C9H11N3O2. The molecule has 0 spiro atoms. The molecule has 0 radical (unpaired) electrons. The molecule has 0 saturated carbocycles. The second kappa shape index (κ2) is 3.63. The van der Waals surface area contributed by atoms with E-state index in [0.717, 1.165) is 11.3 Å². The molecule has 2 heterocycles. The van der Waals surface area contributed by atoms with Crippen LogP contribution < -0.4 is 0 Å². The first-order valence-corrected chi connectivity index (χ1v) is 4.31. The van der Waals surface area contributed by atoms with E-state index in [2.05, 4.69) is 10.3 Å². The lowest BCUT2D eigenvalue weighted by Gasteiger charge is -2.04. The monoisotopic (exact) mass is 193 g/mol. The standard InChI is InChI=1S/C9H11N3O2/c1-12-5-8(10-11-12)4-9(13)7-2-3-14-6-7/h2-3,5-6,9,13H,4H2,1H3. The Hall–Kier alpha value is -1.62. The minimum atomic E-state index is -0.578. The van der Waals surface area contributed by atoms with Gasteiger partial charge in [-0.3, -0.25) is 4.68 Å². The average molecular weight is 193 g/mol. The van der Waals surface area contributed by atoms with Crippen LogP contribution in [0.4, 0.5) is 0 Å². The number of hydrogen-bond acceptors (Lipinski definition) is 4. The van der Waals surface area contributed by atoms with E-state index in [1.165, 1.54) is 12.5 Å². The van der Waals surface area contributed by atoms with Crippen molar-refractivity contribution in [3.8, 4) is 0 Å². The van der Waals surface area contributed by atoms with Crippen LogP contribution in [0.2, 0.25) is 0 Å². The highest BCUT2D eigenvalue weighted by Gasteiger charge is 2.11. The van der Waals surface area contributed by atoms with Gasteiger partial charge in [-0.15, -0.1) is 5.10 Å². The van der Waals surface area contributed by atoms with Gasteiger partial charge in [0.05, 0.1) is 24.3 Å². The second-order valence-corrected chi connectivity index (χ2v) is 3.16. The van der Waals surface area contributed by atoms with E-state index in [9.17, 15) is 5.11 Å². The number of aromatic nitrogens is 3. The summed E-state index contributed by atoms with van der Waals surface area (Å²) in [6, 6.07) is 1.74. The Morgan fingerprint density at radius 2 is 2.50 bits per heavy atom. The van der Waals surface area contributed by atoms with Gasteiger partial charge in [-0.2, -0.15) is 0 Å². The van der Waals surface area contributed by atoms with Crippen molar-refractivity contribution in [2.24, 2.45) is 7.05 Å². The number of aliphatic hydroxyl groups excluding tert-OH is 1. The van der Waals surface area contributed by atoms with Crippen LogP contribution in [0.15, 0.2) is 29.2 Å². The minimum absolute atomic E-state index is 0.452. The van der Waals surface area contributed by atoms with E-state index in [0.29, 0.717) is 6.42 Å². The molecule has 0 aliphatic heterocycles. The first-order valence-electron chi connectivity index (χ1n) is 4.31. The van der Waals surface area contributed by atoms with Crippen LogP contribution in [-0.2, 0) is 13.5 Å². The fourth-order valence-corrected chi connectivity index (χ4v) is 1.27. The highest BCUT2D eigenvalue weighted by Crippen LogP contribution is 2.16. The van der Waals surface area contributed by atoms with Gasteiger partial charge in [0, 0.05) is 25.2 Å². The van der Waals surface area contributed by atoms with Gasteiger partial charge >= 0.3 is 0 Å². The molecule has 2 rings (SSSR count). The highest BCUT2D eigenvalue weighted by atomic mass is 16.3. The molecule has 0 aromatic carbocycles. The molecule has 1 atom stereocenters. The summed E-state index contributed by atoms with van der Waals surface area (Å²) in [5, 5.41) is 17.4. The van der Waals surface area contributed by atoms with Gasteiger partial charge in [0.25, 0.3) is 0 Å². The first kappa shape index (κ1) is 8.96. The van der Waals surface area contributed by atoms with E-state index < -0.39 is 6.10 Å². The molecule has 0 aliphatic rings. The SMILES string of the molecule is Cn1cc(CC(O)c2ccoc2)nn1. The van der Waals surface area contributed by atoms with Gasteiger partial charge in [0.2, 0.25) is 0 Å². The summed E-state index contributed by atoms with van der Waals surface area (Å²) in [4.78, 5) is 0. The summed E-state index contributed by atoms with van der Waals surface area (Å²) >= 11 is 0. The molecule has 2 aromatic rings. The van der Waals surface area contributed by atoms with Crippen LogP contribution in [0.25, 0.3) is 0 Å². The zero-order valence-corrected chi connectivity index (χ0v) is 7.79. The van der Waals surface area contributed by atoms with Gasteiger partial charge in [-0.25, -0.2) is 0 Å². The Bertz CT molecular complexity index is 394. The third-order valence-electron chi connectivity index (χ3n) is 1.98. The van der Waals surface area contributed by atoms with E-state index in [1.54, 1.807) is 24.0 Å². The van der Waals surface area contributed by atoms with Gasteiger partial charge in [-0.05, 0) is 6.07 Å². The predicted molar refractivity (Wildman–Crippen MR) is 48.4 cm³/mol. The molecule has 2 aromatic heterocycles. The molecule has 0 aliphatic carbocycles. The van der Waals surface area contributed by atoms with Crippen molar-refractivity contribution in [3.63, 3.8) is 0 Å². The molecule has 74 valence electrons. The number of nitrogens with zero attached hydrogens (tertiary/aromatic N) is 3. The van der Waals surface area contributed by atoms with Crippen molar-refractivity contribution in [3.05, 3.63) is 36.0 Å². The van der Waals surface area contributed by atoms with E-state index in [-0.39, 0.29) is 0 Å². The fourth-order valence-electron chi connectivity index (χ4n) is 1.27. The summed E-state index contributed by atoms with van der Waals surface area (Å²) in [6.07, 6.45) is 4.72. The minimum Gasteiger partial charge on any atom is -0.472 e. The normalized spacial score (nSPS) is 13.0. The smallest absolute Gasteiger partial charge is 0.0960 e. The van der Waals surface area contributed by atoms with Gasteiger partial charge in [-0.1, -0.05) is 5.21 Å². The number of furan rings is 1. The molecule has 5 nitrogen and oxygen atoms in total. The Labute approximate surface area is 81.0 Å². The highest BCUT2D eigenvalue weighted by molar-refractivity contribution is 5.11. The molecule has 0 fully saturated rings. The molecule has 5 heteroatoms. The summed E-state index contributed by atoms with van der Waals surface area (Å²) in [7, 11) is 1.79. The average Bonchev–Trinajstić information content (AvgIpc) is 2.75. The van der Waals surface area contributed by atoms with Crippen LogP contribution >= 0.6 is 0 Å². The summed E-state index contributed by atoms with van der Waals surface area (Å²) < 4.78 is 6.49. The predicted octanol–water partition coefficient (Wildman–Crippen LogP) is 0.684. The lowest BCUT2D eigenvalue weighted by Crippen LogP contribution is -2.00. The van der Waals surface area contributed by atoms with Crippen molar-refractivity contribution in [2.45, 2.75) is 12.5 Å². The van der Waals surface area contributed by atoms with Crippen LogP contribution in [0.1, 0.15) is 17.4 Å².